The van der Waals surface area contributed by atoms with E-state index in [-0.39, 0.29) is 5.91 Å². The molecular weight excluding hydrogens is 322 g/mol. The average Bonchev–Trinajstić information content (AvgIpc) is 2.70. The molecule has 0 saturated heterocycles. The van der Waals surface area contributed by atoms with Crippen molar-refractivity contribution >= 4 is 22.4 Å². The van der Waals surface area contributed by atoms with Gasteiger partial charge in [-0.05, 0) is 41.1 Å². The quantitative estimate of drug-likeness (QED) is 0.504. The minimum Gasteiger partial charge on any atom is -0.455 e. The first-order valence-electron chi connectivity index (χ1n) is 8.42. The Bertz CT molecular complexity index is 1050. The van der Waals surface area contributed by atoms with Crippen LogP contribution in [0.4, 0.5) is 5.69 Å². The van der Waals surface area contributed by atoms with E-state index < -0.39 is 0 Å². The molecule has 0 heterocycles. The van der Waals surface area contributed by atoms with Gasteiger partial charge in [0, 0.05) is 5.56 Å². The molecule has 26 heavy (non-hydrogen) atoms. The van der Waals surface area contributed by atoms with E-state index in [1.807, 2.05) is 97.1 Å². The number of benzene rings is 4. The van der Waals surface area contributed by atoms with Crippen molar-refractivity contribution < 1.29 is 9.53 Å². The van der Waals surface area contributed by atoms with Gasteiger partial charge in [-0.2, -0.15) is 0 Å². The van der Waals surface area contributed by atoms with E-state index in [9.17, 15) is 4.79 Å². The molecule has 0 aliphatic rings. The second-order valence-corrected chi connectivity index (χ2v) is 5.89. The summed E-state index contributed by atoms with van der Waals surface area (Å²) in [4.78, 5) is 12.9. The minimum atomic E-state index is -0.161. The Hall–Kier alpha value is -3.59. The molecule has 0 aromatic heterocycles. The zero-order chi connectivity index (χ0) is 17.8. The Kier molecular flexibility index (Phi) is 4.35. The van der Waals surface area contributed by atoms with Crippen LogP contribution in [0, 0.1) is 0 Å². The number of ether oxygens (including phenoxy) is 1. The lowest BCUT2D eigenvalue weighted by molar-refractivity contribution is 0.102. The highest BCUT2D eigenvalue weighted by Gasteiger charge is 2.12. The first-order valence-corrected chi connectivity index (χ1v) is 8.42. The summed E-state index contributed by atoms with van der Waals surface area (Å²) >= 11 is 0. The summed E-state index contributed by atoms with van der Waals surface area (Å²) in [6, 6.07) is 30.5. The highest BCUT2D eigenvalue weighted by atomic mass is 16.5. The van der Waals surface area contributed by atoms with Crippen LogP contribution in [0.25, 0.3) is 10.8 Å². The number of amides is 1. The van der Waals surface area contributed by atoms with Gasteiger partial charge >= 0.3 is 0 Å². The van der Waals surface area contributed by atoms with Gasteiger partial charge in [0.2, 0.25) is 0 Å². The van der Waals surface area contributed by atoms with Gasteiger partial charge in [0.1, 0.15) is 5.75 Å². The molecular formula is C23H17NO2. The summed E-state index contributed by atoms with van der Waals surface area (Å²) in [5.41, 5.74) is 1.27. The van der Waals surface area contributed by atoms with E-state index in [0.717, 1.165) is 16.5 Å². The first-order chi connectivity index (χ1) is 12.8. The summed E-state index contributed by atoms with van der Waals surface area (Å²) in [5.74, 6) is 1.16. The highest BCUT2D eigenvalue weighted by Crippen LogP contribution is 2.30. The number of rotatable bonds is 4. The molecule has 0 spiro atoms. The molecule has 0 unspecified atom stereocenters. The van der Waals surface area contributed by atoms with Crippen molar-refractivity contribution in [3.63, 3.8) is 0 Å². The van der Waals surface area contributed by atoms with Gasteiger partial charge in [0.05, 0.1) is 5.69 Å². The zero-order valence-corrected chi connectivity index (χ0v) is 14.1. The van der Waals surface area contributed by atoms with E-state index in [1.165, 1.54) is 0 Å². The molecule has 0 aliphatic heterocycles. The van der Waals surface area contributed by atoms with Crippen LogP contribution in [-0.4, -0.2) is 5.91 Å². The normalized spacial score (nSPS) is 10.5. The second kappa shape index (κ2) is 7.11. The molecule has 1 N–H and O–H groups in total. The van der Waals surface area contributed by atoms with Gasteiger partial charge < -0.3 is 10.1 Å². The fourth-order valence-electron chi connectivity index (χ4n) is 2.89. The maximum atomic E-state index is 12.9. The van der Waals surface area contributed by atoms with E-state index in [1.54, 1.807) is 0 Å². The largest absolute Gasteiger partial charge is 0.455 e. The van der Waals surface area contributed by atoms with Gasteiger partial charge in [0.15, 0.2) is 5.75 Å². The van der Waals surface area contributed by atoms with Crippen molar-refractivity contribution in [2.45, 2.75) is 0 Å². The highest BCUT2D eigenvalue weighted by molar-refractivity contribution is 6.13. The summed E-state index contributed by atoms with van der Waals surface area (Å²) in [6.45, 7) is 0. The molecule has 0 fully saturated rings. The summed E-state index contributed by atoms with van der Waals surface area (Å²) < 4.78 is 5.92. The summed E-state index contributed by atoms with van der Waals surface area (Å²) in [5, 5.41) is 4.94. The van der Waals surface area contributed by atoms with Crippen molar-refractivity contribution in [1.29, 1.82) is 0 Å². The number of para-hydroxylation sites is 3. The molecule has 0 bridgehead atoms. The third-order valence-electron chi connectivity index (χ3n) is 4.14. The van der Waals surface area contributed by atoms with Gasteiger partial charge in [-0.3, -0.25) is 4.79 Å². The number of anilines is 1. The third kappa shape index (κ3) is 3.28. The maximum Gasteiger partial charge on any atom is 0.256 e. The minimum absolute atomic E-state index is 0.161. The van der Waals surface area contributed by atoms with Crippen molar-refractivity contribution in [3.05, 3.63) is 103 Å². The maximum absolute atomic E-state index is 12.9. The molecule has 0 aliphatic carbocycles. The van der Waals surface area contributed by atoms with Crippen LogP contribution >= 0.6 is 0 Å². The van der Waals surface area contributed by atoms with Crippen LogP contribution in [0.1, 0.15) is 10.4 Å². The van der Waals surface area contributed by atoms with Crippen LogP contribution in [0.5, 0.6) is 11.5 Å². The van der Waals surface area contributed by atoms with Crippen LogP contribution in [0.2, 0.25) is 0 Å². The second-order valence-electron chi connectivity index (χ2n) is 5.89. The van der Waals surface area contributed by atoms with Gasteiger partial charge in [0.25, 0.3) is 5.91 Å². The lowest BCUT2D eigenvalue weighted by atomic mass is 10.0. The molecule has 3 heteroatoms. The lowest BCUT2D eigenvalue weighted by Gasteiger charge is -2.13. The van der Waals surface area contributed by atoms with Gasteiger partial charge in [-0.1, -0.05) is 66.7 Å². The fraction of sp³-hybridized carbons (Fsp3) is 0. The molecule has 0 atom stereocenters. The van der Waals surface area contributed by atoms with Crippen molar-refractivity contribution in [2.24, 2.45) is 0 Å². The van der Waals surface area contributed by atoms with Crippen molar-refractivity contribution in [1.82, 2.24) is 0 Å². The monoisotopic (exact) mass is 339 g/mol. The van der Waals surface area contributed by atoms with E-state index in [0.29, 0.717) is 17.0 Å². The first kappa shape index (κ1) is 15.9. The van der Waals surface area contributed by atoms with Crippen molar-refractivity contribution in [2.75, 3.05) is 5.32 Å². The Balaban J connectivity index is 1.64. The van der Waals surface area contributed by atoms with E-state index in [2.05, 4.69) is 5.32 Å². The van der Waals surface area contributed by atoms with E-state index in [4.69, 9.17) is 4.74 Å². The van der Waals surface area contributed by atoms with Gasteiger partial charge in [-0.25, -0.2) is 0 Å². The Labute approximate surface area is 151 Å². The smallest absolute Gasteiger partial charge is 0.256 e. The Morgan fingerprint density at radius 2 is 1.38 bits per heavy atom. The Morgan fingerprint density at radius 3 is 2.27 bits per heavy atom. The predicted octanol–water partition coefficient (Wildman–Crippen LogP) is 5.88. The predicted molar refractivity (Wildman–Crippen MR) is 105 cm³/mol. The van der Waals surface area contributed by atoms with E-state index >= 15 is 0 Å². The number of fused-ring (bicyclic) bond motifs is 1. The molecule has 0 radical (unpaired) electrons. The lowest BCUT2D eigenvalue weighted by Crippen LogP contribution is -2.13. The zero-order valence-electron chi connectivity index (χ0n) is 14.1. The fourth-order valence-corrected chi connectivity index (χ4v) is 2.89. The van der Waals surface area contributed by atoms with Gasteiger partial charge in [-0.15, -0.1) is 0 Å². The summed E-state index contributed by atoms with van der Waals surface area (Å²) in [6.07, 6.45) is 0. The SMILES string of the molecule is O=C(Nc1ccccc1Oc1ccccc1)c1cccc2ccccc12. The summed E-state index contributed by atoms with van der Waals surface area (Å²) in [7, 11) is 0. The molecule has 1 amide bonds. The molecule has 4 aromatic rings. The molecule has 0 saturated carbocycles. The van der Waals surface area contributed by atoms with Crippen LogP contribution in [0.3, 0.4) is 0 Å². The number of carbonyl (C=O) groups excluding carboxylic acids is 1. The van der Waals surface area contributed by atoms with Crippen LogP contribution in [-0.2, 0) is 0 Å². The molecule has 4 rings (SSSR count). The van der Waals surface area contributed by atoms with Crippen LogP contribution in [0.15, 0.2) is 97.1 Å². The topological polar surface area (TPSA) is 38.3 Å². The number of nitrogens with one attached hydrogen (secondary N) is 1. The molecule has 126 valence electrons. The molecule has 3 nitrogen and oxygen atoms in total. The Morgan fingerprint density at radius 1 is 0.692 bits per heavy atom. The average molecular weight is 339 g/mol. The third-order valence-corrected chi connectivity index (χ3v) is 4.14. The van der Waals surface area contributed by atoms with Crippen LogP contribution < -0.4 is 10.1 Å². The molecule has 4 aromatic carbocycles. The number of hydrogen-bond donors (Lipinski definition) is 1. The van der Waals surface area contributed by atoms with Crippen molar-refractivity contribution in [3.8, 4) is 11.5 Å². The standard InChI is InChI=1S/C23H17NO2/c25-23(20-14-8-10-17-9-4-5-13-19(17)20)24-21-15-6-7-16-22(21)26-18-11-2-1-3-12-18/h1-16H,(H,24,25). The number of hydrogen-bond acceptors (Lipinski definition) is 2. The number of carbonyl (C=O) groups is 1.